The molecular formula is C13H12F4O2. The molecule has 104 valence electrons. The van der Waals surface area contributed by atoms with Crippen molar-refractivity contribution in [3.8, 4) is 0 Å². The van der Waals surface area contributed by atoms with Crippen molar-refractivity contribution in [1.82, 2.24) is 0 Å². The zero-order valence-corrected chi connectivity index (χ0v) is 9.93. The first-order valence-electron chi connectivity index (χ1n) is 5.84. The third-order valence-electron chi connectivity index (χ3n) is 3.66. The van der Waals surface area contributed by atoms with Crippen LogP contribution in [0.4, 0.5) is 17.6 Å². The van der Waals surface area contributed by atoms with Gasteiger partial charge in [0, 0.05) is 5.41 Å². The summed E-state index contributed by atoms with van der Waals surface area (Å²) in [5, 5.41) is 8.86. The molecule has 0 spiro atoms. The summed E-state index contributed by atoms with van der Waals surface area (Å²) in [6.07, 6.45) is -3.68. The van der Waals surface area contributed by atoms with Crippen LogP contribution >= 0.6 is 0 Å². The van der Waals surface area contributed by atoms with Gasteiger partial charge in [0.05, 0.1) is 12.0 Å². The van der Waals surface area contributed by atoms with Gasteiger partial charge in [0.25, 0.3) is 0 Å². The predicted molar refractivity (Wildman–Crippen MR) is 59.2 cm³/mol. The van der Waals surface area contributed by atoms with E-state index in [4.69, 9.17) is 5.11 Å². The first kappa shape index (κ1) is 13.8. The lowest BCUT2D eigenvalue weighted by Crippen LogP contribution is -2.38. The van der Waals surface area contributed by atoms with E-state index in [2.05, 4.69) is 0 Å². The minimum Gasteiger partial charge on any atom is -0.481 e. The van der Waals surface area contributed by atoms with Crippen molar-refractivity contribution in [2.75, 3.05) is 0 Å². The topological polar surface area (TPSA) is 37.3 Å². The highest BCUT2D eigenvalue weighted by molar-refractivity contribution is 5.69. The lowest BCUT2D eigenvalue weighted by molar-refractivity contribution is -0.143. The monoisotopic (exact) mass is 276 g/mol. The van der Waals surface area contributed by atoms with E-state index in [9.17, 15) is 22.4 Å². The van der Waals surface area contributed by atoms with Crippen LogP contribution in [0.2, 0.25) is 0 Å². The molecule has 1 aromatic carbocycles. The Morgan fingerprint density at radius 1 is 1.32 bits per heavy atom. The predicted octanol–water partition coefficient (Wildman–Crippen LogP) is 3.74. The summed E-state index contributed by atoms with van der Waals surface area (Å²) >= 11 is 0. The van der Waals surface area contributed by atoms with Gasteiger partial charge in [0.15, 0.2) is 0 Å². The van der Waals surface area contributed by atoms with E-state index in [1.54, 1.807) is 0 Å². The number of rotatable bonds is 3. The molecule has 0 aromatic heterocycles. The van der Waals surface area contributed by atoms with E-state index in [0.717, 1.165) is 12.1 Å². The highest BCUT2D eigenvalue weighted by Gasteiger charge is 2.46. The molecule has 0 heterocycles. The summed E-state index contributed by atoms with van der Waals surface area (Å²) < 4.78 is 52.1. The second-order valence-electron chi connectivity index (χ2n) is 4.89. The molecule has 0 bridgehead atoms. The molecule has 1 fully saturated rings. The molecule has 0 radical (unpaired) electrons. The van der Waals surface area contributed by atoms with Gasteiger partial charge in [-0.25, -0.2) is 4.39 Å². The Bertz CT molecular complexity index is 504. The first-order chi connectivity index (χ1) is 8.74. The van der Waals surface area contributed by atoms with Gasteiger partial charge in [-0.2, -0.15) is 13.2 Å². The van der Waals surface area contributed by atoms with Gasteiger partial charge in [-0.1, -0.05) is 6.42 Å². The van der Waals surface area contributed by atoms with E-state index in [1.165, 1.54) is 0 Å². The van der Waals surface area contributed by atoms with Crippen LogP contribution in [0.25, 0.3) is 0 Å². The van der Waals surface area contributed by atoms with Crippen LogP contribution in [-0.4, -0.2) is 11.1 Å². The largest absolute Gasteiger partial charge is 0.481 e. The second-order valence-corrected chi connectivity index (χ2v) is 4.89. The minimum atomic E-state index is -4.61. The van der Waals surface area contributed by atoms with Gasteiger partial charge < -0.3 is 5.11 Å². The highest BCUT2D eigenvalue weighted by Crippen LogP contribution is 2.50. The van der Waals surface area contributed by atoms with Gasteiger partial charge >= 0.3 is 12.1 Å². The SMILES string of the molecule is O=C(O)CC1(c2cc(F)ccc2C(F)(F)F)CCC1. The lowest BCUT2D eigenvalue weighted by Gasteiger charge is -2.42. The van der Waals surface area contributed by atoms with Crippen molar-refractivity contribution in [3.63, 3.8) is 0 Å². The Kier molecular flexibility index (Phi) is 3.28. The second kappa shape index (κ2) is 4.51. The van der Waals surface area contributed by atoms with Gasteiger partial charge in [-0.15, -0.1) is 0 Å². The Balaban J connectivity index is 2.53. The molecule has 1 saturated carbocycles. The molecular weight excluding hydrogens is 264 g/mol. The Morgan fingerprint density at radius 2 is 1.95 bits per heavy atom. The lowest BCUT2D eigenvalue weighted by atomic mass is 9.61. The molecule has 1 aliphatic rings. The van der Waals surface area contributed by atoms with Crippen LogP contribution < -0.4 is 0 Å². The fourth-order valence-corrected chi connectivity index (χ4v) is 2.64. The van der Waals surface area contributed by atoms with Gasteiger partial charge in [-0.05, 0) is 36.6 Å². The molecule has 0 amide bonds. The van der Waals surface area contributed by atoms with E-state index < -0.39 is 35.4 Å². The van der Waals surface area contributed by atoms with Gasteiger partial charge in [0.2, 0.25) is 0 Å². The van der Waals surface area contributed by atoms with Gasteiger partial charge in [-0.3, -0.25) is 4.79 Å². The Hall–Kier alpha value is -1.59. The first-order valence-corrected chi connectivity index (χ1v) is 5.84. The summed E-state index contributed by atoms with van der Waals surface area (Å²) in [6.45, 7) is 0. The number of carbonyl (C=O) groups is 1. The zero-order valence-electron chi connectivity index (χ0n) is 9.93. The van der Waals surface area contributed by atoms with Crippen LogP contribution in [-0.2, 0) is 16.4 Å². The van der Waals surface area contributed by atoms with Gasteiger partial charge in [0.1, 0.15) is 5.82 Å². The Labute approximate surface area is 107 Å². The summed E-state index contributed by atoms with van der Waals surface area (Å²) in [6, 6.07) is 2.26. The molecule has 2 rings (SSSR count). The van der Waals surface area contributed by atoms with Crippen molar-refractivity contribution < 1.29 is 27.5 Å². The van der Waals surface area contributed by atoms with E-state index >= 15 is 0 Å². The van der Waals surface area contributed by atoms with Crippen molar-refractivity contribution in [2.45, 2.75) is 37.3 Å². The average molecular weight is 276 g/mol. The van der Waals surface area contributed by atoms with Crippen molar-refractivity contribution >= 4 is 5.97 Å². The molecule has 1 aliphatic carbocycles. The summed E-state index contributed by atoms with van der Waals surface area (Å²) in [7, 11) is 0. The number of benzene rings is 1. The number of aliphatic carboxylic acids is 1. The van der Waals surface area contributed by atoms with Crippen LogP contribution in [0.5, 0.6) is 0 Å². The molecule has 0 aliphatic heterocycles. The zero-order chi connectivity index (χ0) is 14.3. The average Bonchev–Trinajstić information content (AvgIpc) is 2.21. The Morgan fingerprint density at radius 3 is 2.37 bits per heavy atom. The normalized spacial score (nSPS) is 17.9. The molecule has 0 atom stereocenters. The number of carboxylic acids is 1. The third kappa shape index (κ3) is 2.57. The fraction of sp³-hybridized carbons (Fsp3) is 0.462. The maximum atomic E-state index is 13.2. The fourth-order valence-electron chi connectivity index (χ4n) is 2.64. The van der Waals surface area contributed by atoms with Crippen LogP contribution in [0.3, 0.4) is 0 Å². The minimum absolute atomic E-state index is 0.228. The molecule has 6 heteroatoms. The van der Waals surface area contributed by atoms with Crippen LogP contribution in [0.15, 0.2) is 18.2 Å². The van der Waals surface area contributed by atoms with Crippen molar-refractivity contribution in [2.24, 2.45) is 0 Å². The maximum Gasteiger partial charge on any atom is 0.416 e. The maximum absolute atomic E-state index is 13.2. The standard InChI is InChI=1S/C13H12F4O2/c14-8-2-3-9(13(15,16)17)10(6-8)12(4-1-5-12)7-11(18)19/h2-3,6H,1,4-5,7H2,(H,18,19). The molecule has 0 unspecified atom stereocenters. The van der Waals surface area contributed by atoms with Crippen molar-refractivity contribution in [3.05, 3.63) is 35.1 Å². The highest BCUT2D eigenvalue weighted by atomic mass is 19.4. The molecule has 1 aromatic rings. The summed E-state index contributed by atoms with van der Waals surface area (Å²) in [5.74, 6) is -1.95. The molecule has 0 saturated heterocycles. The van der Waals surface area contributed by atoms with E-state index in [0.29, 0.717) is 25.3 Å². The van der Waals surface area contributed by atoms with Crippen LogP contribution in [0.1, 0.15) is 36.8 Å². The molecule has 1 N–H and O–H groups in total. The van der Waals surface area contributed by atoms with Crippen molar-refractivity contribution in [1.29, 1.82) is 0 Å². The molecule has 19 heavy (non-hydrogen) atoms. The summed E-state index contributed by atoms with van der Waals surface area (Å²) in [4.78, 5) is 10.9. The smallest absolute Gasteiger partial charge is 0.416 e. The quantitative estimate of drug-likeness (QED) is 0.854. The van der Waals surface area contributed by atoms with E-state index in [-0.39, 0.29) is 5.56 Å². The number of hydrogen-bond donors (Lipinski definition) is 1. The number of halogens is 4. The number of carboxylic acid groups (broad SMARTS) is 1. The van der Waals surface area contributed by atoms with E-state index in [1.807, 2.05) is 0 Å². The molecule has 2 nitrogen and oxygen atoms in total. The number of hydrogen-bond acceptors (Lipinski definition) is 1. The number of alkyl halides is 3. The van der Waals surface area contributed by atoms with Crippen LogP contribution in [0, 0.1) is 5.82 Å². The third-order valence-corrected chi connectivity index (χ3v) is 3.66. The summed E-state index contributed by atoms with van der Waals surface area (Å²) in [5.41, 5.74) is -2.25.